The predicted molar refractivity (Wildman–Crippen MR) is 97.3 cm³/mol. The van der Waals surface area contributed by atoms with Gasteiger partial charge in [-0.15, -0.1) is 0 Å². The third kappa shape index (κ3) is 8.94. The smallest absolute Gasteiger partial charge is 0.330 e. The number of hydrogen-bond acceptors (Lipinski definition) is 5. The molecule has 0 saturated carbocycles. The molecule has 0 fully saturated rings. The Bertz CT molecular complexity index is 548. The summed E-state index contributed by atoms with van der Waals surface area (Å²) in [6, 6.07) is 7.49. The van der Waals surface area contributed by atoms with E-state index in [1.165, 1.54) is 6.08 Å². The monoisotopic (exact) mass is 348 g/mol. The highest BCUT2D eigenvalue weighted by Crippen LogP contribution is 2.13. The van der Waals surface area contributed by atoms with E-state index in [4.69, 9.17) is 14.2 Å². The zero-order valence-electron chi connectivity index (χ0n) is 15.3. The van der Waals surface area contributed by atoms with E-state index in [-0.39, 0.29) is 25.1 Å². The molecule has 0 N–H and O–H groups in total. The van der Waals surface area contributed by atoms with Gasteiger partial charge in [-0.1, -0.05) is 39.3 Å². The van der Waals surface area contributed by atoms with Gasteiger partial charge in [0, 0.05) is 6.08 Å². The van der Waals surface area contributed by atoms with E-state index in [0.29, 0.717) is 6.61 Å². The lowest BCUT2D eigenvalue weighted by Gasteiger charge is -2.08. The first-order valence-corrected chi connectivity index (χ1v) is 8.81. The SMILES string of the molecule is CCCCOc1ccc(/C=C/C(=O)OCCOC(=O)C(C)CC)cc1. The van der Waals surface area contributed by atoms with Gasteiger partial charge in [-0.05, 0) is 36.6 Å². The molecule has 1 atom stereocenters. The molecule has 5 nitrogen and oxygen atoms in total. The molecular weight excluding hydrogens is 320 g/mol. The Labute approximate surface area is 150 Å². The van der Waals surface area contributed by atoms with Gasteiger partial charge < -0.3 is 14.2 Å². The molecule has 0 saturated heterocycles. The second kappa shape index (κ2) is 12.1. The molecule has 0 heterocycles. The van der Waals surface area contributed by atoms with E-state index in [2.05, 4.69) is 6.92 Å². The fourth-order valence-corrected chi connectivity index (χ4v) is 1.82. The van der Waals surface area contributed by atoms with E-state index in [0.717, 1.165) is 30.6 Å². The lowest BCUT2D eigenvalue weighted by molar-refractivity contribution is -0.152. The molecule has 1 aromatic carbocycles. The molecule has 0 spiro atoms. The van der Waals surface area contributed by atoms with Gasteiger partial charge in [0.2, 0.25) is 0 Å². The number of carbonyl (C=O) groups excluding carboxylic acids is 2. The molecule has 0 amide bonds. The third-order valence-electron chi connectivity index (χ3n) is 3.65. The van der Waals surface area contributed by atoms with Crippen LogP contribution in [0.3, 0.4) is 0 Å². The summed E-state index contributed by atoms with van der Waals surface area (Å²) >= 11 is 0. The maximum absolute atomic E-state index is 11.6. The van der Waals surface area contributed by atoms with Crippen LogP contribution in [-0.2, 0) is 19.1 Å². The maximum Gasteiger partial charge on any atom is 0.330 e. The summed E-state index contributed by atoms with van der Waals surface area (Å²) in [5.41, 5.74) is 0.878. The van der Waals surface area contributed by atoms with Gasteiger partial charge in [0.25, 0.3) is 0 Å². The number of esters is 2. The van der Waals surface area contributed by atoms with Gasteiger partial charge in [-0.3, -0.25) is 4.79 Å². The van der Waals surface area contributed by atoms with Crippen molar-refractivity contribution >= 4 is 18.0 Å². The molecule has 0 radical (unpaired) electrons. The van der Waals surface area contributed by atoms with Gasteiger partial charge in [0.15, 0.2) is 0 Å². The topological polar surface area (TPSA) is 61.8 Å². The van der Waals surface area contributed by atoms with Crippen LogP contribution < -0.4 is 4.74 Å². The van der Waals surface area contributed by atoms with Crippen molar-refractivity contribution in [2.75, 3.05) is 19.8 Å². The Morgan fingerprint density at radius 2 is 1.72 bits per heavy atom. The summed E-state index contributed by atoms with van der Waals surface area (Å²) in [6.07, 6.45) is 5.87. The summed E-state index contributed by atoms with van der Waals surface area (Å²) in [7, 11) is 0. The van der Waals surface area contributed by atoms with Crippen molar-refractivity contribution in [3.8, 4) is 5.75 Å². The maximum atomic E-state index is 11.6. The number of hydrogen-bond donors (Lipinski definition) is 0. The normalized spacial score (nSPS) is 12.0. The number of ether oxygens (including phenoxy) is 3. The highest BCUT2D eigenvalue weighted by molar-refractivity contribution is 5.87. The van der Waals surface area contributed by atoms with E-state index in [1.54, 1.807) is 13.0 Å². The number of unbranched alkanes of at least 4 members (excludes halogenated alkanes) is 1. The van der Waals surface area contributed by atoms with Crippen molar-refractivity contribution in [2.45, 2.75) is 40.0 Å². The van der Waals surface area contributed by atoms with E-state index in [1.807, 2.05) is 31.2 Å². The Hall–Kier alpha value is -2.30. The number of benzene rings is 1. The zero-order chi connectivity index (χ0) is 18.5. The second-order valence-corrected chi connectivity index (χ2v) is 5.75. The molecule has 0 bridgehead atoms. The van der Waals surface area contributed by atoms with Crippen LogP contribution in [0.15, 0.2) is 30.3 Å². The lowest BCUT2D eigenvalue weighted by Crippen LogP contribution is -2.17. The Morgan fingerprint density at radius 3 is 2.36 bits per heavy atom. The molecule has 138 valence electrons. The first-order valence-electron chi connectivity index (χ1n) is 8.81. The minimum Gasteiger partial charge on any atom is -0.494 e. The van der Waals surface area contributed by atoms with Crippen LogP contribution in [0.2, 0.25) is 0 Å². The lowest BCUT2D eigenvalue weighted by atomic mass is 10.1. The van der Waals surface area contributed by atoms with Crippen molar-refractivity contribution in [1.82, 2.24) is 0 Å². The molecular formula is C20H28O5. The molecule has 0 aliphatic rings. The van der Waals surface area contributed by atoms with Crippen LogP contribution in [-0.4, -0.2) is 31.8 Å². The molecule has 0 aromatic heterocycles. The first-order chi connectivity index (χ1) is 12.1. The van der Waals surface area contributed by atoms with Crippen molar-refractivity contribution in [3.05, 3.63) is 35.9 Å². The van der Waals surface area contributed by atoms with Crippen LogP contribution in [0.4, 0.5) is 0 Å². The van der Waals surface area contributed by atoms with Crippen molar-refractivity contribution < 1.29 is 23.8 Å². The Morgan fingerprint density at radius 1 is 1.04 bits per heavy atom. The van der Waals surface area contributed by atoms with Gasteiger partial charge in [-0.25, -0.2) is 4.79 Å². The summed E-state index contributed by atoms with van der Waals surface area (Å²) in [5, 5.41) is 0. The molecule has 0 aliphatic carbocycles. The second-order valence-electron chi connectivity index (χ2n) is 5.75. The van der Waals surface area contributed by atoms with Crippen LogP contribution in [0, 0.1) is 5.92 Å². The zero-order valence-corrected chi connectivity index (χ0v) is 15.3. The van der Waals surface area contributed by atoms with Crippen molar-refractivity contribution in [3.63, 3.8) is 0 Å². The van der Waals surface area contributed by atoms with Crippen LogP contribution >= 0.6 is 0 Å². The summed E-state index contributed by atoms with van der Waals surface area (Å²) in [5.74, 6) is -0.0565. The highest BCUT2D eigenvalue weighted by atomic mass is 16.6. The Balaban J connectivity index is 2.28. The molecule has 5 heteroatoms. The largest absolute Gasteiger partial charge is 0.494 e. The molecule has 1 aromatic rings. The number of rotatable bonds is 11. The minimum atomic E-state index is -0.470. The minimum absolute atomic E-state index is 0.0511. The highest BCUT2D eigenvalue weighted by Gasteiger charge is 2.11. The van der Waals surface area contributed by atoms with Gasteiger partial charge in [0.1, 0.15) is 19.0 Å². The van der Waals surface area contributed by atoms with E-state index >= 15 is 0 Å². The van der Waals surface area contributed by atoms with Gasteiger partial charge >= 0.3 is 11.9 Å². The summed E-state index contributed by atoms with van der Waals surface area (Å²) in [4.78, 5) is 23.1. The van der Waals surface area contributed by atoms with Crippen LogP contribution in [0.5, 0.6) is 5.75 Å². The fraction of sp³-hybridized carbons (Fsp3) is 0.500. The third-order valence-corrected chi connectivity index (χ3v) is 3.65. The summed E-state index contributed by atoms with van der Waals surface area (Å²) < 4.78 is 15.6. The van der Waals surface area contributed by atoms with E-state index < -0.39 is 5.97 Å². The fourth-order valence-electron chi connectivity index (χ4n) is 1.82. The van der Waals surface area contributed by atoms with E-state index in [9.17, 15) is 9.59 Å². The Kier molecular flexibility index (Phi) is 10.1. The molecule has 25 heavy (non-hydrogen) atoms. The predicted octanol–water partition coefficient (Wildman–Crippen LogP) is 4.01. The van der Waals surface area contributed by atoms with Crippen LogP contribution in [0.25, 0.3) is 6.08 Å². The van der Waals surface area contributed by atoms with Crippen molar-refractivity contribution in [1.29, 1.82) is 0 Å². The van der Waals surface area contributed by atoms with Crippen LogP contribution in [0.1, 0.15) is 45.6 Å². The summed E-state index contributed by atoms with van der Waals surface area (Å²) in [6.45, 7) is 6.67. The van der Waals surface area contributed by atoms with Crippen molar-refractivity contribution in [2.24, 2.45) is 5.92 Å². The van der Waals surface area contributed by atoms with Gasteiger partial charge in [-0.2, -0.15) is 0 Å². The standard InChI is InChI=1S/C20H28O5/c1-4-6-13-23-18-10-7-17(8-11-18)9-12-19(21)24-14-15-25-20(22)16(3)5-2/h7-12,16H,4-6,13-15H2,1-3H3/b12-9+. The molecule has 0 aliphatic heterocycles. The quantitative estimate of drug-likeness (QED) is 0.343. The molecule has 1 rings (SSSR count). The number of carbonyl (C=O) groups is 2. The first kappa shape index (κ1) is 20.7. The van der Waals surface area contributed by atoms with Gasteiger partial charge in [0.05, 0.1) is 12.5 Å². The average Bonchev–Trinajstić information content (AvgIpc) is 2.63. The molecule has 1 unspecified atom stereocenters. The average molecular weight is 348 g/mol.